The monoisotopic (exact) mass is 478 g/mol. The predicted octanol–water partition coefficient (Wildman–Crippen LogP) is 1.25. The van der Waals surface area contributed by atoms with Crippen molar-refractivity contribution in [3.05, 3.63) is 58.6 Å². The average molecular weight is 479 g/mol. The maximum atomic E-state index is 12.2. The molecular formula is C20H20Cl2N6O4. The number of nitrogens with one attached hydrogen (secondary N) is 1. The van der Waals surface area contributed by atoms with Crippen LogP contribution in [-0.2, 0) is 16.0 Å². The average Bonchev–Trinajstić information content (AvgIpc) is 3.31. The highest BCUT2D eigenvalue weighted by atomic mass is 35.5. The minimum atomic E-state index is -1.23. The van der Waals surface area contributed by atoms with Crippen LogP contribution in [0.4, 0.5) is 5.82 Å². The van der Waals surface area contributed by atoms with Crippen molar-refractivity contribution in [1.29, 1.82) is 0 Å². The number of carbonyl (C=O) groups excluding carboxylic acids is 1. The number of hydrogen-bond donors (Lipinski definition) is 4. The minimum absolute atomic E-state index is 0.0361. The number of aromatic nitrogens is 4. The van der Waals surface area contributed by atoms with Gasteiger partial charge in [-0.25, -0.2) is 15.0 Å². The fourth-order valence-corrected chi connectivity index (χ4v) is 3.96. The molecule has 3 heterocycles. The van der Waals surface area contributed by atoms with Crippen molar-refractivity contribution >= 4 is 46.1 Å². The lowest BCUT2D eigenvalue weighted by atomic mass is 10.1. The molecule has 1 saturated heterocycles. The van der Waals surface area contributed by atoms with E-state index in [1.807, 2.05) is 0 Å². The summed E-state index contributed by atoms with van der Waals surface area (Å²) in [4.78, 5) is 24.3. The number of nitrogens with two attached hydrogens (primary N) is 1. The van der Waals surface area contributed by atoms with Crippen LogP contribution in [0.2, 0.25) is 10.0 Å². The molecule has 12 heteroatoms. The van der Waals surface area contributed by atoms with E-state index < -0.39 is 24.5 Å². The Morgan fingerprint density at radius 2 is 1.97 bits per heavy atom. The molecule has 0 radical (unpaired) electrons. The number of ether oxygens (including phenoxy) is 1. The Balaban J connectivity index is 1.36. The molecule has 4 atom stereocenters. The van der Waals surface area contributed by atoms with E-state index in [1.165, 1.54) is 17.2 Å². The number of imidazole rings is 1. The van der Waals surface area contributed by atoms with Gasteiger partial charge in [-0.1, -0.05) is 41.4 Å². The molecular weight excluding hydrogens is 459 g/mol. The molecule has 1 fully saturated rings. The lowest BCUT2D eigenvalue weighted by Crippen LogP contribution is -2.31. The van der Waals surface area contributed by atoms with E-state index in [0.717, 1.165) is 0 Å². The molecule has 3 aromatic rings. The standard InChI is InChI=1S/C20H20Cl2N6O4/c21-11-3-1-4-12(22)10(11)7-14(29)24-6-2-5-13-16(30)17(31)20(32-13)28-9-27-15-18(23)25-8-26-19(15)28/h1-5,8-9,13,16-17,20,30-31H,6-7H2,(H,24,29)(H2,23,25,26)/b5-2+/t13-,16-,17-,20-/m1/s1. The van der Waals surface area contributed by atoms with Crippen molar-refractivity contribution in [3.63, 3.8) is 0 Å². The molecule has 1 aromatic carbocycles. The number of anilines is 1. The normalized spacial score (nSPS) is 23.2. The number of amides is 1. The molecule has 0 unspecified atom stereocenters. The molecule has 1 aliphatic heterocycles. The van der Waals surface area contributed by atoms with Gasteiger partial charge in [0.05, 0.1) is 12.7 Å². The van der Waals surface area contributed by atoms with Crippen LogP contribution in [0.3, 0.4) is 0 Å². The first-order valence-electron chi connectivity index (χ1n) is 9.67. The number of nitrogen functional groups attached to an aromatic ring is 1. The number of carbonyl (C=O) groups is 1. The summed E-state index contributed by atoms with van der Waals surface area (Å²) in [7, 11) is 0. The summed E-state index contributed by atoms with van der Waals surface area (Å²) in [6.07, 6.45) is 1.79. The molecule has 5 N–H and O–H groups in total. The van der Waals surface area contributed by atoms with Crippen molar-refractivity contribution in [2.24, 2.45) is 0 Å². The Labute approximate surface area is 192 Å². The number of fused-ring (bicyclic) bond motifs is 1. The summed E-state index contributed by atoms with van der Waals surface area (Å²) in [5, 5.41) is 24.4. The Kier molecular flexibility index (Phi) is 6.58. The molecule has 2 aromatic heterocycles. The largest absolute Gasteiger partial charge is 0.387 e. The Morgan fingerprint density at radius 3 is 2.72 bits per heavy atom. The number of aliphatic hydroxyl groups is 2. The van der Waals surface area contributed by atoms with E-state index >= 15 is 0 Å². The third kappa shape index (κ3) is 4.41. The molecule has 0 saturated carbocycles. The number of rotatable bonds is 6. The van der Waals surface area contributed by atoms with Gasteiger partial charge in [-0.05, 0) is 17.7 Å². The highest BCUT2D eigenvalue weighted by Gasteiger charge is 2.43. The molecule has 1 aliphatic rings. The second kappa shape index (κ2) is 9.39. The predicted molar refractivity (Wildman–Crippen MR) is 118 cm³/mol. The van der Waals surface area contributed by atoms with Crippen LogP contribution in [0.15, 0.2) is 43.0 Å². The molecule has 0 aliphatic carbocycles. The Morgan fingerprint density at radius 1 is 1.22 bits per heavy atom. The molecule has 10 nitrogen and oxygen atoms in total. The number of aliphatic hydroxyl groups excluding tert-OH is 2. The van der Waals surface area contributed by atoms with Gasteiger partial charge in [0.15, 0.2) is 17.7 Å². The van der Waals surface area contributed by atoms with Crippen LogP contribution in [0.5, 0.6) is 0 Å². The zero-order valence-electron chi connectivity index (χ0n) is 16.6. The SMILES string of the molecule is Nc1ncnc2c1ncn2[C@@H]1O[C@H](/C=C/CNC(=O)Cc2c(Cl)cccc2Cl)[C@@H](O)[C@H]1O. The first kappa shape index (κ1) is 22.4. The van der Waals surface area contributed by atoms with Crippen molar-refractivity contribution in [2.45, 2.75) is 31.0 Å². The van der Waals surface area contributed by atoms with Gasteiger partial charge in [0.2, 0.25) is 5.91 Å². The maximum absolute atomic E-state index is 12.2. The topological polar surface area (TPSA) is 148 Å². The third-order valence-corrected chi connectivity index (χ3v) is 5.79. The van der Waals surface area contributed by atoms with Gasteiger partial charge in [0.1, 0.15) is 30.2 Å². The second-order valence-electron chi connectivity index (χ2n) is 7.16. The Hall–Kier alpha value is -2.76. The van der Waals surface area contributed by atoms with Gasteiger partial charge in [0, 0.05) is 16.6 Å². The van der Waals surface area contributed by atoms with Crippen LogP contribution in [-0.4, -0.2) is 60.5 Å². The van der Waals surface area contributed by atoms with Crippen LogP contribution in [0.1, 0.15) is 11.8 Å². The van der Waals surface area contributed by atoms with Crippen LogP contribution < -0.4 is 11.1 Å². The molecule has 0 spiro atoms. The van der Waals surface area contributed by atoms with Crippen molar-refractivity contribution < 1.29 is 19.7 Å². The van der Waals surface area contributed by atoms with E-state index in [2.05, 4.69) is 20.3 Å². The molecule has 168 valence electrons. The molecule has 32 heavy (non-hydrogen) atoms. The zero-order valence-corrected chi connectivity index (χ0v) is 18.1. The van der Waals surface area contributed by atoms with E-state index in [1.54, 1.807) is 30.4 Å². The smallest absolute Gasteiger partial charge is 0.224 e. The second-order valence-corrected chi connectivity index (χ2v) is 7.98. The van der Waals surface area contributed by atoms with Crippen LogP contribution in [0.25, 0.3) is 11.2 Å². The van der Waals surface area contributed by atoms with Gasteiger partial charge in [0.25, 0.3) is 0 Å². The molecule has 4 rings (SSSR count). The number of hydrogen-bond acceptors (Lipinski definition) is 8. The fourth-order valence-electron chi connectivity index (χ4n) is 3.43. The van der Waals surface area contributed by atoms with Crippen LogP contribution >= 0.6 is 23.2 Å². The first-order chi connectivity index (χ1) is 15.4. The van der Waals surface area contributed by atoms with E-state index in [4.69, 9.17) is 33.7 Å². The van der Waals surface area contributed by atoms with Crippen LogP contribution in [0, 0.1) is 0 Å². The van der Waals surface area contributed by atoms with Gasteiger partial charge in [-0.15, -0.1) is 0 Å². The summed E-state index contributed by atoms with van der Waals surface area (Å²) < 4.78 is 7.29. The van der Waals surface area contributed by atoms with E-state index in [0.29, 0.717) is 26.8 Å². The summed E-state index contributed by atoms with van der Waals surface area (Å²) in [5.74, 6) is -0.0651. The lowest BCUT2D eigenvalue weighted by molar-refractivity contribution is -0.120. The Bertz CT molecular complexity index is 1150. The number of halogens is 2. The molecule has 1 amide bonds. The lowest BCUT2D eigenvalue weighted by Gasteiger charge is -2.16. The van der Waals surface area contributed by atoms with E-state index in [-0.39, 0.29) is 24.7 Å². The van der Waals surface area contributed by atoms with Gasteiger partial charge >= 0.3 is 0 Å². The van der Waals surface area contributed by atoms with Crippen molar-refractivity contribution in [2.75, 3.05) is 12.3 Å². The van der Waals surface area contributed by atoms with E-state index in [9.17, 15) is 15.0 Å². The van der Waals surface area contributed by atoms with Crippen molar-refractivity contribution in [1.82, 2.24) is 24.8 Å². The van der Waals surface area contributed by atoms with Gasteiger partial charge in [-0.2, -0.15) is 0 Å². The van der Waals surface area contributed by atoms with Crippen molar-refractivity contribution in [3.8, 4) is 0 Å². The minimum Gasteiger partial charge on any atom is -0.387 e. The maximum Gasteiger partial charge on any atom is 0.224 e. The number of benzene rings is 1. The zero-order chi connectivity index (χ0) is 22.8. The van der Waals surface area contributed by atoms with Gasteiger partial charge < -0.3 is 26.0 Å². The quantitative estimate of drug-likeness (QED) is 0.386. The number of nitrogens with zero attached hydrogens (tertiary/aromatic N) is 4. The summed E-state index contributed by atoms with van der Waals surface area (Å²) in [6.45, 7) is 0.187. The summed E-state index contributed by atoms with van der Waals surface area (Å²) >= 11 is 12.2. The van der Waals surface area contributed by atoms with Gasteiger partial charge in [-0.3, -0.25) is 9.36 Å². The summed E-state index contributed by atoms with van der Waals surface area (Å²) in [5.41, 5.74) is 7.09. The fraction of sp³-hybridized carbons (Fsp3) is 0.300. The summed E-state index contributed by atoms with van der Waals surface area (Å²) in [6, 6.07) is 5.04. The highest BCUT2D eigenvalue weighted by Crippen LogP contribution is 2.32. The molecule has 0 bridgehead atoms. The highest BCUT2D eigenvalue weighted by molar-refractivity contribution is 6.36. The third-order valence-electron chi connectivity index (χ3n) is 5.08. The first-order valence-corrected chi connectivity index (χ1v) is 10.4.